The Hall–Kier alpha value is -2.28. The molecule has 0 saturated heterocycles. The van der Waals surface area contributed by atoms with Crippen LogP contribution in [0, 0.1) is 16.7 Å². The van der Waals surface area contributed by atoms with E-state index in [-0.39, 0.29) is 5.41 Å². The average molecular weight is 284 g/mol. The van der Waals surface area contributed by atoms with E-state index in [0.717, 1.165) is 36.7 Å². The van der Waals surface area contributed by atoms with Gasteiger partial charge in [-0.25, -0.2) is 4.79 Å². The van der Waals surface area contributed by atoms with Gasteiger partial charge in [-0.15, -0.1) is 0 Å². The number of carbonyl (C=O) groups is 1. The van der Waals surface area contributed by atoms with Crippen LogP contribution in [-0.4, -0.2) is 15.6 Å². The van der Waals surface area contributed by atoms with E-state index in [4.69, 9.17) is 5.26 Å². The second kappa shape index (κ2) is 6.01. The molecule has 0 saturated carbocycles. The number of carboxylic acids is 1. The number of nitriles is 1. The number of nitrogens with zero attached hydrogens (tertiary/aromatic N) is 2. The molecule has 0 spiro atoms. The SMILES string of the molecule is CC(C)(C#N)CCCCn1ccc2cccc(C(=O)O)c21. The monoisotopic (exact) mass is 284 g/mol. The summed E-state index contributed by atoms with van der Waals surface area (Å²) in [5, 5.41) is 19.2. The number of hydrogen-bond acceptors (Lipinski definition) is 2. The second-order valence-electron chi connectivity index (χ2n) is 6.01. The molecule has 0 aliphatic carbocycles. The molecule has 21 heavy (non-hydrogen) atoms. The topological polar surface area (TPSA) is 66.0 Å². The van der Waals surface area contributed by atoms with E-state index in [2.05, 4.69) is 6.07 Å². The number of para-hydroxylation sites is 1. The molecule has 0 amide bonds. The minimum atomic E-state index is -0.897. The van der Waals surface area contributed by atoms with Crippen molar-refractivity contribution < 1.29 is 9.90 Å². The predicted octanol–water partition coefficient (Wildman–Crippen LogP) is 4.06. The smallest absolute Gasteiger partial charge is 0.337 e. The number of carboxylic acid groups (broad SMARTS) is 1. The van der Waals surface area contributed by atoms with Crippen molar-refractivity contribution in [3.63, 3.8) is 0 Å². The number of fused-ring (bicyclic) bond motifs is 1. The normalized spacial score (nSPS) is 11.5. The summed E-state index contributed by atoms with van der Waals surface area (Å²) in [5.74, 6) is -0.897. The minimum Gasteiger partial charge on any atom is -0.478 e. The van der Waals surface area contributed by atoms with Crippen molar-refractivity contribution in [2.24, 2.45) is 5.41 Å². The van der Waals surface area contributed by atoms with Gasteiger partial charge in [-0.3, -0.25) is 0 Å². The molecule has 1 heterocycles. The Morgan fingerprint density at radius 1 is 1.33 bits per heavy atom. The van der Waals surface area contributed by atoms with Crippen LogP contribution in [-0.2, 0) is 6.54 Å². The maximum atomic E-state index is 11.3. The molecule has 2 aromatic rings. The van der Waals surface area contributed by atoms with Crippen LogP contribution in [0.25, 0.3) is 10.9 Å². The number of hydrogen-bond donors (Lipinski definition) is 1. The summed E-state index contributed by atoms with van der Waals surface area (Å²) in [4.78, 5) is 11.3. The lowest BCUT2D eigenvalue weighted by Gasteiger charge is -2.14. The minimum absolute atomic E-state index is 0.287. The summed E-state index contributed by atoms with van der Waals surface area (Å²) in [6, 6.07) is 9.59. The van der Waals surface area contributed by atoms with Crippen LogP contribution < -0.4 is 0 Å². The van der Waals surface area contributed by atoms with Gasteiger partial charge in [0.15, 0.2) is 0 Å². The van der Waals surface area contributed by atoms with Gasteiger partial charge < -0.3 is 9.67 Å². The summed E-state index contributed by atoms with van der Waals surface area (Å²) >= 11 is 0. The van der Waals surface area contributed by atoms with Gasteiger partial charge in [-0.1, -0.05) is 18.6 Å². The molecule has 0 unspecified atom stereocenters. The Kier molecular flexibility index (Phi) is 4.32. The van der Waals surface area contributed by atoms with Gasteiger partial charge in [0.25, 0.3) is 0 Å². The third kappa shape index (κ3) is 3.43. The van der Waals surface area contributed by atoms with Crippen LogP contribution in [0.2, 0.25) is 0 Å². The van der Waals surface area contributed by atoms with Crippen LogP contribution in [0.3, 0.4) is 0 Å². The molecule has 0 fully saturated rings. The number of benzene rings is 1. The molecule has 1 N–H and O–H groups in total. The molecule has 110 valence electrons. The Balaban J connectivity index is 2.10. The molecule has 0 aliphatic heterocycles. The number of aryl methyl sites for hydroxylation is 1. The lowest BCUT2D eigenvalue weighted by molar-refractivity contribution is 0.0698. The highest BCUT2D eigenvalue weighted by atomic mass is 16.4. The van der Waals surface area contributed by atoms with E-state index >= 15 is 0 Å². The fourth-order valence-corrected chi connectivity index (χ4v) is 2.53. The molecule has 4 heteroatoms. The quantitative estimate of drug-likeness (QED) is 0.813. The Morgan fingerprint density at radius 2 is 2.10 bits per heavy atom. The zero-order valence-electron chi connectivity index (χ0n) is 12.5. The Labute approximate surface area is 124 Å². The van der Waals surface area contributed by atoms with Gasteiger partial charge in [0, 0.05) is 18.1 Å². The summed E-state index contributed by atoms with van der Waals surface area (Å²) in [7, 11) is 0. The van der Waals surface area contributed by atoms with Gasteiger partial charge in [-0.2, -0.15) is 5.26 Å². The van der Waals surface area contributed by atoms with Crippen molar-refractivity contribution >= 4 is 16.9 Å². The molecule has 0 radical (unpaired) electrons. The number of rotatable bonds is 6. The van der Waals surface area contributed by atoms with E-state index in [1.807, 2.05) is 36.7 Å². The lowest BCUT2D eigenvalue weighted by Crippen LogP contribution is -2.08. The molecule has 0 bridgehead atoms. The van der Waals surface area contributed by atoms with Crippen LogP contribution in [0.15, 0.2) is 30.5 Å². The first kappa shape index (κ1) is 15.1. The Bertz CT molecular complexity index is 692. The maximum Gasteiger partial charge on any atom is 0.337 e. The molecule has 0 atom stereocenters. The molecule has 1 aromatic carbocycles. The van der Waals surface area contributed by atoms with Crippen LogP contribution in [0.4, 0.5) is 0 Å². The van der Waals surface area contributed by atoms with E-state index in [0.29, 0.717) is 5.56 Å². The van der Waals surface area contributed by atoms with E-state index in [1.54, 1.807) is 12.1 Å². The van der Waals surface area contributed by atoms with Crippen molar-refractivity contribution in [2.75, 3.05) is 0 Å². The first-order chi connectivity index (χ1) is 9.94. The standard InChI is InChI=1S/C17H20N2O2/c1-17(2,12-18)9-3-4-10-19-11-8-13-6-5-7-14(15(13)19)16(20)21/h5-8,11H,3-4,9-10H2,1-2H3,(H,20,21). The molecule has 4 nitrogen and oxygen atoms in total. The van der Waals surface area contributed by atoms with Crippen molar-refractivity contribution in [1.29, 1.82) is 5.26 Å². The summed E-state index contributed by atoms with van der Waals surface area (Å²) in [6.07, 6.45) is 4.68. The largest absolute Gasteiger partial charge is 0.478 e. The number of aromatic carboxylic acids is 1. The van der Waals surface area contributed by atoms with Crippen molar-refractivity contribution in [3.05, 3.63) is 36.0 Å². The van der Waals surface area contributed by atoms with Crippen LogP contribution in [0.1, 0.15) is 43.5 Å². The van der Waals surface area contributed by atoms with E-state index < -0.39 is 5.97 Å². The number of aromatic nitrogens is 1. The molecule has 0 aliphatic rings. The predicted molar refractivity (Wildman–Crippen MR) is 82.1 cm³/mol. The first-order valence-corrected chi connectivity index (χ1v) is 7.17. The fourth-order valence-electron chi connectivity index (χ4n) is 2.53. The van der Waals surface area contributed by atoms with E-state index in [9.17, 15) is 9.90 Å². The molecule has 2 rings (SSSR count). The third-order valence-electron chi connectivity index (χ3n) is 3.77. The zero-order chi connectivity index (χ0) is 15.5. The molecule has 1 aromatic heterocycles. The van der Waals surface area contributed by atoms with Crippen LogP contribution >= 0.6 is 0 Å². The Morgan fingerprint density at radius 3 is 2.76 bits per heavy atom. The van der Waals surface area contributed by atoms with E-state index in [1.165, 1.54) is 0 Å². The first-order valence-electron chi connectivity index (χ1n) is 7.17. The highest BCUT2D eigenvalue weighted by Gasteiger charge is 2.16. The average Bonchev–Trinajstić information content (AvgIpc) is 2.86. The van der Waals surface area contributed by atoms with Crippen LogP contribution in [0.5, 0.6) is 0 Å². The third-order valence-corrected chi connectivity index (χ3v) is 3.77. The van der Waals surface area contributed by atoms with Gasteiger partial charge in [0.2, 0.25) is 0 Å². The van der Waals surface area contributed by atoms with Crippen molar-refractivity contribution in [1.82, 2.24) is 4.57 Å². The van der Waals surface area contributed by atoms with Crippen molar-refractivity contribution in [2.45, 2.75) is 39.7 Å². The molecular weight excluding hydrogens is 264 g/mol. The van der Waals surface area contributed by atoms with Crippen molar-refractivity contribution in [3.8, 4) is 6.07 Å². The zero-order valence-corrected chi connectivity index (χ0v) is 12.5. The van der Waals surface area contributed by atoms with Gasteiger partial charge in [0.05, 0.1) is 22.6 Å². The highest BCUT2D eigenvalue weighted by Crippen LogP contribution is 2.24. The highest BCUT2D eigenvalue weighted by molar-refractivity contribution is 6.02. The molecular formula is C17H20N2O2. The van der Waals surface area contributed by atoms with Gasteiger partial charge >= 0.3 is 5.97 Å². The summed E-state index contributed by atoms with van der Waals surface area (Å²) in [6.45, 7) is 4.66. The van der Waals surface area contributed by atoms with Gasteiger partial charge in [0.1, 0.15) is 0 Å². The lowest BCUT2D eigenvalue weighted by atomic mass is 9.89. The van der Waals surface area contributed by atoms with Gasteiger partial charge in [-0.05, 0) is 38.8 Å². The summed E-state index contributed by atoms with van der Waals surface area (Å²) < 4.78 is 2.00. The number of unbranched alkanes of at least 4 members (excludes halogenated alkanes) is 1. The maximum absolute atomic E-state index is 11.3. The second-order valence-corrected chi connectivity index (χ2v) is 6.01. The fraction of sp³-hybridized carbons (Fsp3) is 0.412. The summed E-state index contributed by atoms with van der Waals surface area (Å²) in [5.41, 5.74) is 0.838.